The molecule has 2 atom stereocenters. The van der Waals surface area contributed by atoms with E-state index in [1.54, 1.807) is 34.5 Å². The fourth-order valence-electron chi connectivity index (χ4n) is 4.71. The van der Waals surface area contributed by atoms with E-state index in [4.69, 9.17) is 4.74 Å². The molecule has 2 fully saturated rings. The lowest BCUT2D eigenvalue weighted by atomic mass is 10.1. The maximum absolute atomic E-state index is 13.1. The maximum Gasteiger partial charge on any atom is 0.274 e. The van der Waals surface area contributed by atoms with Gasteiger partial charge in [-0.3, -0.25) is 9.59 Å². The normalized spacial score (nSPS) is 21.0. The van der Waals surface area contributed by atoms with Crippen molar-refractivity contribution in [3.63, 3.8) is 0 Å². The highest BCUT2D eigenvalue weighted by Gasteiger charge is 2.26. The van der Waals surface area contributed by atoms with Crippen LogP contribution in [-0.2, 0) is 4.74 Å². The average Bonchev–Trinajstić information content (AvgIpc) is 3.46. The Bertz CT molecular complexity index is 1250. The summed E-state index contributed by atoms with van der Waals surface area (Å²) in [6.07, 6.45) is 6.45. The number of aliphatic hydroxyl groups excluding tert-OH is 1. The number of pyridine rings is 1. The molecule has 3 aromatic rings. The van der Waals surface area contributed by atoms with Crippen LogP contribution >= 0.6 is 0 Å². The standard InChI is InChI=1S/C23H29N7O4/c1-24-20-12-19(27-18-3-2-8-29(23(18)33)15-6-9-34-10-7-15)28-21-17(13-25-30(20)21)22(32)26-14-4-5-16(31)11-14/h2-3,8,12-16,24,31H,4-7,9-11H2,1H3,(H,26,32)(H,27,28)/t14-,16+/m1/s1. The lowest BCUT2D eigenvalue weighted by molar-refractivity contribution is 0.0687. The number of ether oxygens (including phenoxy) is 1. The van der Waals surface area contributed by atoms with Gasteiger partial charge in [-0.05, 0) is 44.2 Å². The number of anilines is 3. The van der Waals surface area contributed by atoms with Gasteiger partial charge >= 0.3 is 0 Å². The summed E-state index contributed by atoms with van der Waals surface area (Å²) in [5, 5.41) is 23.2. The van der Waals surface area contributed by atoms with Crippen LogP contribution in [0.5, 0.6) is 0 Å². The number of hydrogen-bond donors (Lipinski definition) is 4. The van der Waals surface area contributed by atoms with Crippen molar-refractivity contribution in [3.05, 3.63) is 46.5 Å². The first-order chi connectivity index (χ1) is 16.5. The van der Waals surface area contributed by atoms with Gasteiger partial charge in [-0.1, -0.05) is 0 Å². The molecule has 180 valence electrons. The quantitative estimate of drug-likeness (QED) is 0.430. The molecule has 34 heavy (non-hydrogen) atoms. The summed E-state index contributed by atoms with van der Waals surface area (Å²) < 4.78 is 8.72. The fraction of sp³-hybridized carbons (Fsp3) is 0.478. The largest absolute Gasteiger partial charge is 0.393 e. The Morgan fingerprint density at radius 1 is 1.24 bits per heavy atom. The molecule has 5 rings (SSSR count). The predicted octanol–water partition coefficient (Wildman–Crippen LogP) is 1.67. The third-order valence-corrected chi connectivity index (χ3v) is 6.53. The Kier molecular flexibility index (Phi) is 6.20. The highest BCUT2D eigenvalue weighted by atomic mass is 16.5. The molecule has 1 aliphatic carbocycles. The number of carbonyl (C=O) groups is 1. The summed E-state index contributed by atoms with van der Waals surface area (Å²) >= 11 is 0. The van der Waals surface area contributed by atoms with Gasteiger partial charge in [0.25, 0.3) is 11.5 Å². The van der Waals surface area contributed by atoms with Crippen LogP contribution in [0.1, 0.15) is 48.5 Å². The van der Waals surface area contributed by atoms with Gasteiger partial charge in [-0.2, -0.15) is 9.61 Å². The smallest absolute Gasteiger partial charge is 0.274 e. The van der Waals surface area contributed by atoms with E-state index in [2.05, 4.69) is 26.0 Å². The van der Waals surface area contributed by atoms with Crippen molar-refractivity contribution >= 4 is 28.9 Å². The number of aromatic nitrogens is 4. The molecule has 3 aromatic heterocycles. The number of fused-ring (bicyclic) bond motifs is 1. The van der Waals surface area contributed by atoms with Crippen LogP contribution in [0, 0.1) is 0 Å². The first kappa shape index (κ1) is 22.4. The molecule has 1 saturated carbocycles. The van der Waals surface area contributed by atoms with Gasteiger partial charge in [0.05, 0.1) is 12.3 Å². The minimum atomic E-state index is -0.380. The fourth-order valence-corrected chi connectivity index (χ4v) is 4.71. The monoisotopic (exact) mass is 467 g/mol. The molecule has 1 saturated heterocycles. The topological polar surface area (TPSA) is 135 Å². The molecule has 0 bridgehead atoms. The Balaban J connectivity index is 1.44. The van der Waals surface area contributed by atoms with Crippen LogP contribution in [0.2, 0.25) is 0 Å². The van der Waals surface area contributed by atoms with Gasteiger partial charge in [-0.25, -0.2) is 4.98 Å². The van der Waals surface area contributed by atoms with Crippen LogP contribution in [0.3, 0.4) is 0 Å². The van der Waals surface area contributed by atoms with Gasteiger partial charge in [0.1, 0.15) is 22.9 Å². The summed E-state index contributed by atoms with van der Waals surface area (Å²) in [5.41, 5.74) is 0.965. The maximum atomic E-state index is 13.1. The van der Waals surface area contributed by atoms with Crippen LogP contribution in [0.15, 0.2) is 35.4 Å². The van der Waals surface area contributed by atoms with Gasteiger partial charge in [-0.15, -0.1) is 0 Å². The Morgan fingerprint density at radius 3 is 2.79 bits per heavy atom. The number of aliphatic hydroxyl groups is 1. The molecule has 0 radical (unpaired) electrons. The number of amides is 1. The van der Waals surface area contributed by atoms with E-state index in [1.807, 2.05) is 6.07 Å². The zero-order valence-electron chi connectivity index (χ0n) is 19.0. The van der Waals surface area contributed by atoms with Crippen LogP contribution < -0.4 is 21.5 Å². The lowest BCUT2D eigenvalue weighted by Crippen LogP contribution is -2.33. The summed E-state index contributed by atoms with van der Waals surface area (Å²) in [6.45, 7) is 1.29. The number of hydrogen-bond acceptors (Lipinski definition) is 8. The second kappa shape index (κ2) is 9.43. The minimum absolute atomic E-state index is 0.0736. The molecule has 2 aliphatic rings. The van der Waals surface area contributed by atoms with Crippen molar-refractivity contribution in [2.75, 3.05) is 30.9 Å². The van der Waals surface area contributed by atoms with E-state index in [1.165, 1.54) is 6.20 Å². The molecule has 0 spiro atoms. The van der Waals surface area contributed by atoms with Gasteiger partial charge in [0.2, 0.25) is 0 Å². The van der Waals surface area contributed by atoms with Crippen LogP contribution in [0.4, 0.5) is 17.3 Å². The number of rotatable bonds is 6. The van der Waals surface area contributed by atoms with Crippen molar-refractivity contribution in [2.24, 2.45) is 0 Å². The van der Waals surface area contributed by atoms with Gasteiger partial charge < -0.3 is 30.4 Å². The predicted molar refractivity (Wildman–Crippen MR) is 127 cm³/mol. The first-order valence-electron chi connectivity index (χ1n) is 11.6. The molecular formula is C23H29N7O4. The Labute approximate surface area is 196 Å². The zero-order chi connectivity index (χ0) is 23.7. The molecule has 4 heterocycles. The third kappa shape index (κ3) is 4.36. The van der Waals surface area contributed by atoms with Crippen molar-refractivity contribution < 1.29 is 14.6 Å². The highest BCUT2D eigenvalue weighted by Crippen LogP contribution is 2.24. The number of nitrogens with one attached hydrogen (secondary N) is 3. The molecule has 0 aromatic carbocycles. The molecule has 1 amide bonds. The lowest BCUT2D eigenvalue weighted by Gasteiger charge is -2.24. The number of nitrogens with zero attached hydrogens (tertiary/aromatic N) is 4. The Morgan fingerprint density at radius 2 is 2.06 bits per heavy atom. The second-order valence-electron chi connectivity index (χ2n) is 8.81. The summed E-state index contributed by atoms with van der Waals surface area (Å²) in [6, 6.07) is 5.32. The SMILES string of the molecule is CNc1cc(Nc2cccn(C3CCOCC3)c2=O)nc2c(C(=O)N[C@@H]3CC[C@H](O)C3)cnn12. The van der Waals surface area contributed by atoms with E-state index >= 15 is 0 Å². The third-order valence-electron chi connectivity index (χ3n) is 6.53. The summed E-state index contributed by atoms with van der Waals surface area (Å²) in [4.78, 5) is 30.7. The number of carbonyl (C=O) groups excluding carboxylic acids is 1. The molecule has 1 aliphatic heterocycles. The Hall–Kier alpha value is -3.44. The first-order valence-corrected chi connectivity index (χ1v) is 11.6. The van der Waals surface area contributed by atoms with E-state index in [-0.39, 0.29) is 29.7 Å². The average molecular weight is 468 g/mol. The second-order valence-corrected chi connectivity index (χ2v) is 8.81. The molecule has 0 unspecified atom stereocenters. The summed E-state index contributed by atoms with van der Waals surface area (Å²) in [7, 11) is 1.75. The van der Waals surface area contributed by atoms with Crippen LogP contribution in [0.25, 0.3) is 5.65 Å². The van der Waals surface area contributed by atoms with Gasteiger partial charge in [0, 0.05) is 44.6 Å². The molecule has 4 N–H and O–H groups in total. The summed E-state index contributed by atoms with van der Waals surface area (Å²) in [5.74, 6) is 0.746. The molecular weight excluding hydrogens is 438 g/mol. The van der Waals surface area contributed by atoms with E-state index in [0.29, 0.717) is 54.6 Å². The highest BCUT2D eigenvalue weighted by molar-refractivity contribution is 6.00. The van der Waals surface area contributed by atoms with Crippen molar-refractivity contribution in [1.29, 1.82) is 0 Å². The van der Waals surface area contributed by atoms with E-state index < -0.39 is 0 Å². The van der Waals surface area contributed by atoms with Crippen molar-refractivity contribution in [3.8, 4) is 0 Å². The van der Waals surface area contributed by atoms with Crippen molar-refractivity contribution in [2.45, 2.75) is 50.3 Å². The zero-order valence-corrected chi connectivity index (χ0v) is 19.0. The van der Waals surface area contributed by atoms with E-state index in [0.717, 1.165) is 19.3 Å². The van der Waals surface area contributed by atoms with Crippen molar-refractivity contribution in [1.82, 2.24) is 24.5 Å². The van der Waals surface area contributed by atoms with E-state index in [9.17, 15) is 14.7 Å². The molecule has 11 nitrogen and oxygen atoms in total. The van der Waals surface area contributed by atoms with Gasteiger partial charge in [0.15, 0.2) is 5.65 Å². The minimum Gasteiger partial charge on any atom is -0.393 e. The molecule has 11 heteroatoms. The van der Waals surface area contributed by atoms with Crippen LogP contribution in [-0.4, -0.2) is 62.6 Å².